The van der Waals surface area contributed by atoms with Crippen molar-refractivity contribution in [2.24, 2.45) is 5.41 Å². The molecule has 6 nitrogen and oxygen atoms in total. The number of carbonyl (C=O) groups is 2. The molecule has 1 amide bonds. The zero-order valence-electron chi connectivity index (χ0n) is 12.2. The summed E-state index contributed by atoms with van der Waals surface area (Å²) < 4.78 is 0. The number of carboxylic acids is 1. The van der Waals surface area contributed by atoms with E-state index in [1.807, 2.05) is 0 Å². The van der Waals surface area contributed by atoms with Gasteiger partial charge in [0.25, 0.3) is 0 Å². The molecule has 6 heteroatoms. The lowest BCUT2D eigenvalue weighted by molar-refractivity contribution is -0.149. The third-order valence-corrected chi connectivity index (χ3v) is 4.58. The van der Waals surface area contributed by atoms with E-state index >= 15 is 0 Å². The highest BCUT2D eigenvalue weighted by atomic mass is 16.4. The first-order valence-corrected chi connectivity index (χ1v) is 7.48. The minimum atomic E-state index is -0.810. The normalized spacial score (nSPS) is 31.8. The Kier molecular flexibility index (Phi) is 4.99. The summed E-state index contributed by atoms with van der Waals surface area (Å²) in [6, 6.07) is -0.238. The van der Waals surface area contributed by atoms with Crippen LogP contribution in [0.2, 0.25) is 0 Å². The lowest BCUT2D eigenvalue weighted by Crippen LogP contribution is -2.50. The van der Waals surface area contributed by atoms with E-state index < -0.39 is 11.4 Å². The standard InChI is InChI=1S/C14H25N3O3/c1-14(13(19)20)5-2-4-11(14)16-12(18)10-17-8-3-6-15-7-9-17/h11,15H,2-10H2,1H3,(H,16,18)(H,19,20). The summed E-state index contributed by atoms with van der Waals surface area (Å²) in [4.78, 5) is 25.6. The molecule has 1 saturated carbocycles. The van der Waals surface area contributed by atoms with Crippen LogP contribution < -0.4 is 10.6 Å². The number of nitrogens with zero attached hydrogens (tertiary/aromatic N) is 1. The number of amides is 1. The van der Waals surface area contributed by atoms with Gasteiger partial charge in [0.1, 0.15) is 0 Å². The van der Waals surface area contributed by atoms with Crippen molar-refractivity contribution in [3.8, 4) is 0 Å². The number of rotatable bonds is 4. The molecule has 0 bridgehead atoms. The Hall–Kier alpha value is -1.14. The van der Waals surface area contributed by atoms with Crippen molar-refractivity contribution in [3.63, 3.8) is 0 Å². The van der Waals surface area contributed by atoms with Crippen LogP contribution in [0.15, 0.2) is 0 Å². The average Bonchev–Trinajstić information content (AvgIpc) is 2.62. The maximum atomic E-state index is 12.1. The second kappa shape index (κ2) is 6.54. The number of carbonyl (C=O) groups excluding carboxylic acids is 1. The van der Waals surface area contributed by atoms with Gasteiger partial charge in [0.15, 0.2) is 0 Å². The summed E-state index contributed by atoms with van der Waals surface area (Å²) in [5.74, 6) is -0.856. The summed E-state index contributed by atoms with van der Waals surface area (Å²) in [6.45, 7) is 5.80. The maximum Gasteiger partial charge on any atom is 0.311 e. The van der Waals surface area contributed by atoms with Crippen LogP contribution in [-0.2, 0) is 9.59 Å². The summed E-state index contributed by atoms with van der Waals surface area (Å²) in [5.41, 5.74) is -0.810. The van der Waals surface area contributed by atoms with Crippen molar-refractivity contribution < 1.29 is 14.7 Å². The average molecular weight is 283 g/mol. The smallest absolute Gasteiger partial charge is 0.311 e. The Morgan fingerprint density at radius 1 is 1.35 bits per heavy atom. The third kappa shape index (κ3) is 3.49. The molecular formula is C14H25N3O3. The SMILES string of the molecule is CC1(C(=O)O)CCCC1NC(=O)CN1CCCNCC1. The quantitative estimate of drug-likeness (QED) is 0.679. The van der Waals surface area contributed by atoms with Gasteiger partial charge in [0, 0.05) is 19.1 Å². The van der Waals surface area contributed by atoms with Gasteiger partial charge in [-0.25, -0.2) is 0 Å². The van der Waals surface area contributed by atoms with E-state index in [4.69, 9.17) is 0 Å². The van der Waals surface area contributed by atoms with Gasteiger partial charge in [0.2, 0.25) is 5.91 Å². The highest BCUT2D eigenvalue weighted by Gasteiger charge is 2.45. The van der Waals surface area contributed by atoms with Crippen LogP contribution >= 0.6 is 0 Å². The number of hydrogen-bond donors (Lipinski definition) is 3. The molecular weight excluding hydrogens is 258 g/mol. The Bertz CT molecular complexity index is 367. The Labute approximate surface area is 119 Å². The first-order valence-electron chi connectivity index (χ1n) is 7.48. The van der Waals surface area contributed by atoms with Gasteiger partial charge in [0.05, 0.1) is 12.0 Å². The van der Waals surface area contributed by atoms with Gasteiger partial charge >= 0.3 is 5.97 Å². The lowest BCUT2D eigenvalue weighted by atomic mass is 9.85. The van der Waals surface area contributed by atoms with Crippen LogP contribution in [0.25, 0.3) is 0 Å². The fourth-order valence-corrected chi connectivity index (χ4v) is 3.16. The van der Waals surface area contributed by atoms with Crippen LogP contribution in [0.3, 0.4) is 0 Å². The highest BCUT2D eigenvalue weighted by Crippen LogP contribution is 2.38. The minimum Gasteiger partial charge on any atom is -0.481 e. The summed E-state index contributed by atoms with van der Waals surface area (Å²) in [6.07, 6.45) is 3.31. The second-order valence-electron chi connectivity index (χ2n) is 6.11. The van der Waals surface area contributed by atoms with Gasteiger partial charge in [-0.2, -0.15) is 0 Å². The first kappa shape index (κ1) is 15.3. The van der Waals surface area contributed by atoms with Gasteiger partial charge < -0.3 is 15.7 Å². The number of carboxylic acid groups (broad SMARTS) is 1. The largest absolute Gasteiger partial charge is 0.481 e. The number of aliphatic carboxylic acids is 1. The molecule has 2 atom stereocenters. The van der Waals surface area contributed by atoms with Crippen molar-refractivity contribution in [2.45, 2.75) is 38.6 Å². The van der Waals surface area contributed by atoms with E-state index in [1.165, 1.54) is 0 Å². The molecule has 1 heterocycles. The summed E-state index contributed by atoms with van der Waals surface area (Å²) in [7, 11) is 0. The fraction of sp³-hybridized carbons (Fsp3) is 0.857. The van der Waals surface area contributed by atoms with E-state index in [0.29, 0.717) is 13.0 Å². The van der Waals surface area contributed by atoms with E-state index in [-0.39, 0.29) is 11.9 Å². The molecule has 3 N–H and O–H groups in total. The predicted octanol–water partition coefficient (Wildman–Crippen LogP) is 0.0413. The summed E-state index contributed by atoms with van der Waals surface area (Å²) >= 11 is 0. The van der Waals surface area contributed by atoms with Crippen LogP contribution in [0.5, 0.6) is 0 Å². The van der Waals surface area contributed by atoms with Crippen molar-refractivity contribution >= 4 is 11.9 Å². The van der Waals surface area contributed by atoms with Crippen LogP contribution in [0.4, 0.5) is 0 Å². The topological polar surface area (TPSA) is 81.7 Å². The van der Waals surface area contributed by atoms with E-state index in [9.17, 15) is 14.7 Å². The van der Waals surface area contributed by atoms with Crippen molar-refractivity contribution in [3.05, 3.63) is 0 Å². The van der Waals surface area contributed by atoms with Crippen LogP contribution in [0, 0.1) is 5.41 Å². The molecule has 0 aromatic carbocycles. The number of nitrogens with one attached hydrogen (secondary N) is 2. The summed E-state index contributed by atoms with van der Waals surface area (Å²) in [5, 5.41) is 15.6. The third-order valence-electron chi connectivity index (χ3n) is 4.58. The molecule has 20 heavy (non-hydrogen) atoms. The zero-order valence-corrected chi connectivity index (χ0v) is 12.2. The van der Waals surface area contributed by atoms with Crippen molar-refractivity contribution in [1.29, 1.82) is 0 Å². The Balaban J connectivity index is 1.86. The first-order chi connectivity index (χ1) is 9.52. The molecule has 2 fully saturated rings. The Morgan fingerprint density at radius 2 is 2.15 bits per heavy atom. The highest BCUT2D eigenvalue weighted by molar-refractivity contribution is 5.81. The van der Waals surface area contributed by atoms with Crippen LogP contribution in [-0.4, -0.2) is 60.6 Å². The maximum absolute atomic E-state index is 12.1. The molecule has 0 aromatic rings. The molecule has 1 aliphatic heterocycles. The molecule has 114 valence electrons. The molecule has 0 spiro atoms. The molecule has 2 rings (SSSR count). The number of hydrogen-bond acceptors (Lipinski definition) is 4. The molecule has 1 aliphatic carbocycles. The van der Waals surface area contributed by atoms with Gasteiger partial charge in [-0.1, -0.05) is 6.42 Å². The molecule has 2 aliphatic rings. The Morgan fingerprint density at radius 3 is 2.90 bits per heavy atom. The van der Waals surface area contributed by atoms with E-state index in [0.717, 1.165) is 45.4 Å². The predicted molar refractivity (Wildman–Crippen MR) is 75.5 cm³/mol. The van der Waals surface area contributed by atoms with E-state index in [1.54, 1.807) is 6.92 Å². The molecule has 0 aromatic heterocycles. The molecule has 0 radical (unpaired) electrons. The van der Waals surface area contributed by atoms with Gasteiger partial charge in [-0.15, -0.1) is 0 Å². The van der Waals surface area contributed by atoms with Gasteiger partial charge in [-0.05, 0) is 39.3 Å². The fourth-order valence-electron chi connectivity index (χ4n) is 3.16. The van der Waals surface area contributed by atoms with Crippen LogP contribution in [0.1, 0.15) is 32.6 Å². The minimum absolute atomic E-state index is 0.0497. The lowest BCUT2D eigenvalue weighted by Gasteiger charge is -2.28. The zero-order chi connectivity index (χ0) is 14.6. The molecule has 2 unspecified atom stereocenters. The second-order valence-corrected chi connectivity index (χ2v) is 6.11. The van der Waals surface area contributed by atoms with Crippen molar-refractivity contribution in [1.82, 2.24) is 15.5 Å². The van der Waals surface area contributed by atoms with Crippen molar-refractivity contribution in [2.75, 3.05) is 32.7 Å². The monoisotopic (exact) mass is 283 g/mol. The van der Waals surface area contributed by atoms with E-state index in [2.05, 4.69) is 15.5 Å². The molecule has 1 saturated heterocycles. The van der Waals surface area contributed by atoms with Gasteiger partial charge in [-0.3, -0.25) is 14.5 Å².